The molecule has 0 aliphatic rings. The SMILES string of the molecule is COc1cc(OC)c(C(C)(C)CO)cc1C(C)(C)F. The Hall–Kier alpha value is -1.29. The van der Waals surface area contributed by atoms with E-state index in [9.17, 15) is 9.50 Å². The van der Waals surface area contributed by atoms with Gasteiger partial charge in [-0.1, -0.05) is 13.8 Å². The molecule has 0 aliphatic carbocycles. The number of ether oxygens (including phenoxy) is 2. The molecule has 0 atom stereocenters. The Bertz CT molecular complexity index is 447. The Labute approximate surface area is 114 Å². The predicted molar refractivity (Wildman–Crippen MR) is 73.8 cm³/mol. The molecule has 1 rings (SSSR count). The van der Waals surface area contributed by atoms with Gasteiger partial charge in [0, 0.05) is 22.6 Å². The van der Waals surface area contributed by atoms with Crippen molar-refractivity contribution in [2.24, 2.45) is 0 Å². The number of alkyl halides is 1. The molecule has 0 heterocycles. The number of hydrogen-bond acceptors (Lipinski definition) is 3. The summed E-state index contributed by atoms with van der Waals surface area (Å²) in [6.45, 7) is 6.67. The molecule has 19 heavy (non-hydrogen) atoms. The summed E-state index contributed by atoms with van der Waals surface area (Å²) in [6, 6.07) is 3.39. The highest BCUT2D eigenvalue weighted by Crippen LogP contribution is 2.41. The molecule has 0 saturated heterocycles. The molecule has 108 valence electrons. The number of rotatable bonds is 5. The molecule has 0 aliphatic heterocycles. The van der Waals surface area contributed by atoms with E-state index in [0.29, 0.717) is 17.1 Å². The van der Waals surface area contributed by atoms with E-state index in [0.717, 1.165) is 5.56 Å². The zero-order valence-corrected chi connectivity index (χ0v) is 12.5. The Balaban J connectivity index is 3.56. The molecule has 4 heteroatoms. The zero-order valence-electron chi connectivity index (χ0n) is 12.5. The minimum atomic E-state index is -1.53. The highest BCUT2D eigenvalue weighted by Gasteiger charge is 2.30. The Kier molecular flexibility index (Phi) is 4.46. The van der Waals surface area contributed by atoms with Gasteiger partial charge in [0.2, 0.25) is 0 Å². The van der Waals surface area contributed by atoms with Crippen LogP contribution in [0.1, 0.15) is 38.8 Å². The first-order valence-electron chi connectivity index (χ1n) is 6.24. The van der Waals surface area contributed by atoms with Gasteiger partial charge in [0.15, 0.2) is 0 Å². The van der Waals surface area contributed by atoms with Crippen LogP contribution in [-0.2, 0) is 11.1 Å². The van der Waals surface area contributed by atoms with Crippen molar-refractivity contribution in [3.8, 4) is 11.5 Å². The number of hydrogen-bond donors (Lipinski definition) is 1. The minimum absolute atomic E-state index is 0.0537. The van der Waals surface area contributed by atoms with E-state index in [2.05, 4.69) is 0 Å². The van der Waals surface area contributed by atoms with E-state index >= 15 is 0 Å². The summed E-state index contributed by atoms with van der Waals surface area (Å²) in [4.78, 5) is 0. The maximum atomic E-state index is 14.3. The van der Waals surface area contributed by atoms with Crippen LogP contribution in [0, 0.1) is 0 Å². The Morgan fingerprint density at radius 1 is 1.00 bits per heavy atom. The van der Waals surface area contributed by atoms with Crippen molar-refractivity contribution < 1.29 is 19.0 Å². The van der Waals surface area contributed by atoms with Crippen LogP contribution < -0.4 is 9.47 Å². The first-order chi connectivity index (χ1) is 8.67. The fraction of sp³-hybridized carbons (Fsp3) is 0.600. The second-order valence-electron chi connectivity index (χ2n) is 5.77. The quantitative estimate of drug-likeness (QED) is 0.893. The largest absolute Gasteiger partial charge is 0.496 e. The molecule has 1 aromatic rings. The van der Waals surface area contributed by atoms with Gasteiger partial charge in [-0.15, -0.1) is 0 Å². The van der Waals surface area contributed by atoms with E-state index in [-0.39, 0.29) is 6.61 Å². The van der Waals surface area contributed by atoms with E-state index < -0.39 is 11.1 Å². The molecule has 0 unspecified atom stereocenters. The number of benzene rings is 1. The van der Waals surface area contributed by atoms with Crippen LogP contribution in [0.4, 0.5) is 4.39 Å². The van der Waals surface area contributed by atoms with Crippen LogP contribution in [0.15, 0.2) is 12.1 Å². The third kappa shape index (κ3) is 3.18. The van der Waals surface area contributed by atoms with E-state index in [1.807, 2.05) is 13.8 Å². The molecule has 0 spiro atoms. The lowest BCUT2D eigenvalue weighted by Gasteiger charge is -2.28. The normalized spacial score (nSPS) is 12.4. The fourth-order valence-corrected chi connectivity index (χ4v) is 1.98. The van der Waals surface area contributed by atoms with Gasteiger partial charge in [0.25, 0.3) is 0 Å². The third-order valence-corrected chi connectivity index (χ3v) is 3.29. The molecule has 0 radical (unpaired) electrons. The second kappa shape index (κ2) is 5.37. The van der Waals surface area contributed by atoms with Crippen molar-refractivity contribution in [3.05, 3.63) is 23.3 Å². The lowest BCUT2D eigenvalue weighted by molar-refractivity contribution is 0.205. The first-order valence-corrected chi connectivity index (χ1v) is 6.24. The predicted octanol–water partition coefficient (Wildman–Crippen LogP) is 3.18. The summed E-state index contributed by atoms with van der Waals surface area (Å²) in [5.74, 6) is 1.03. The molecule has 0 saturated carbocycles. The van der Waals surface area contributed by atoms with E-state index in [1.165, 1.54) is 21.0 Å². The maximum Gasteiger partial charge on any atom is 0.134 e. The smallest absolute Gasteiger partial charge is 0.134 e. The van der Waals surface area contributed by atoms with Crippen LogP contribution in [0.2, 0.25) is 0 Å². The molecular formula is C15H23FO3. The zero-order chi connectivity index (χ0) is 14.8. The molecule has 0 bridgehead atoms. The molecule has 0 aromatic heterocycles. The molecular weight excluding hydrogens is 247 g/mol. The van der Waals surface area contributed by atoms with Gasteiger partial charge in [-0.2, -0.15) is 0 Å². The highest BCUT2D eigenvalue weighted by molar-refractivity contribution is 5.51. The average molecular weight is 270 g/mol. The van der Waals surface area contributed by atoms with Gasteiger partial charge in [-0.05, 0) is 19.9 Å². The maximum absolute atomic E-state index is 14.3. The minimum Gasteiger partial charge on any atom is -0.496 e. The third-order valence-electron chi connectivity index (χ3n) is 3.29. The molecule has 1 N–H and O–H groups in total. The second-order valence-corrected chi connectivity index (χ2v) is 5.77. The molecule has 0 fully saturated rings. The Morgan fingerprint density at radius 2 is 1.47 bits per heavy atom. The number of aliphatic hydroxyl groups excluding tert-OH is 1. The van der Waals surface area contributed by atoms with Crippen molar-refractivity contribution in [2.45, 2.75) is 38.8 Å². The lowest BCUT2D eigenvalue weighted by atomic mass is 9.82. The van der Waals surface area contributed by atoms with E-state index in [4.69, 9.17) is 9.47 Å². The molecule has 3 nitrogen and oxygen atoms in total. The summed E-state index contributed by atoms with van der Waals surface area (Å²) in [6.07, 6.45) is 0. The van der Waals surface area contributed by atoms with Crippen LogP contribution in [0.3, 0.4) is 0 Å². The number of methoxy groups -OCH3 is 2. The van der Waals surface area contributed by atoms with Gasteiger partial charge in [-0.25, -0.2) is 4.39 Å². The molecule has 0 amide bonds. The van der Waals surface area contributed by atoms with Gasteiger partial charge in [0.1, 0.15) is 17.2 Å². The summed E-state index contributed by atoms with van der Waals surface area (Å²) >= 11 is 0. The summed E-state index contributed by atoms with van der Waals surface area (Å²) < 4.78 is 24.9. The summed E-state index contributed by atoms with van der Waals surface area (Å²) in [7, 11) is 3.05. The van der Waals surface area contributed by atoms with Crippen LogP contribution >= 0.6 is 0 Å². The van der Waals surface area contributed by atoms with Gasteiger partial charge >= 0.3 is 0 Å². The standard InChI is InChI=1S/C15H23FO3/c1-14(2,9-17)10-7-11(15(3,4)16)13(19-6)8-12(10)18-5/h7-8,17H,9H2,1-6H3. The van der Waals surface area contributed by atoms with Crippen molar-refractivity contribution in [2.75, 3.05) is 20.8 Å². The van der Waals surface area contributed by atoms with Crippen molar-refractivity contribution in [1.82, 2.24) is 0 Å². The summed E-state index contributed by atoms with van der Waals surface area (Å²) in [5, 5.41) is 9.51. The number of aliphatic hydroxyl groups is 1. The van der Waals surface area contributed by atoms with Gasteiger partial charge in [-0.3, -0.25) is 0 Å². The Morgan fingerprint density at radius 3 is 1.84 bits per heavy atom. The number of halogens is 1. The topological polar surface area (TPSA) is 38.7 Å². The monoisotopic (exact) mass is 270 g/mol. The van der Waals surface area contributed by atoms with Gasteiger partial charge in [0.05, 0.1) is 20.8 Å². The van der Waals surface area contributed by atoms with E-state index in [1.54, 1.807) is 19.2 Å². The average Bonchev–Trinajstić information content (AvgIpc) is 2.35. The van der Waals surface area contributed by atoms with Crippen LogP contribution in [0.5, 0.6) is 11.5 Å². The first kappa shape index (κ1) is 15.8. The van der Waals surface area contributed by atoms with Crippen LogP contribution in [0.25, 0.3) is 0 Å². The summed E-state index contributed by atoms with van der Waals surface area (Å²) in [5.41, 5.74) is -0.832. The molecule has 1 aromatic carbocycles. The van der Waals surface area contributed by atoms with Crippen LogP contribution in [-0.4, -0.2) is 25.9 Å². The lowest BCUT2D eigenvalue weighted by Crippen LogP contribution is -2.24. The van der Waals surface area contributed by atoms with Crippen molar-refractivity contribution >= 4 is 0 Å². The fourth-order valence-electron chi connectivity index (χ4n) is 1.98. The van der Waals surface area contributed by atoms with Gasteiger partial charge < -0.3 is 14.6 Å². The highest BCUT2D eigenvalue weighted by atomic mass is 19.1. The van der Waals surface area contributed by atoms with Crippen molar-refractivity contribution in [3.63, 3.8) is 0 Å². The van der Waals surface area contributed by atoms with Crippen molar-refractivity contribution in [1.29, 1.82) is 0 Å².